The standard InChI is InChI=1S/C20H30O3/c1-12-7-6-10-20(5)18(23-20)17(22)15-9-8-13(2)19(4,14(15)3)11-16(12)21/h7,9,13-14,16,18,21H,6,8,10-11H2,1-5H3/b12-7+. The van der Waals surface area contributed by atoms with E-state index in [2.05, 4.69) is 32.9 Å². The Morgan fingerprint density at radius 3 is 2.65 bits per heavy atom. The number of Topliss-reactive ketones (excluding diaryl/α,β-unsaturated/α-hetero) is 1. The molecule has 0 aromatic rings. The lowest BCUT2D eigenvalue weighted by Crippen LogP contribution is -2.42. The summed E-state index contributed by atoms with van der Waals surface area (Å²) in [5, 5.41) is 10.7. The van der Waals surface area contributed by atoms with Gasteiger partial charge < -0.3 is 9.84 Å². The van der Waals surface area contributed by atoms with Crippen molar-refractivity contribution < 1.29 is 14.6 Å². The molecule has 1 saturated heterocycles. The number of aliphatic hydroxyl groups excluding tert-OH is 1. The molecule has 1 N–H and O–H groups in total. The number of rotatable bonds is 0. The van der Waals surface area contributed by atoms with Gasteiger partial charge >= 0.3 is 0 Å². The van der Waals surface area contributed by atoms with E-state index in [-0.39, 0.29) is 28.8 Å². The molecule has 128 valence electrons. The second-order valence-electron chi connectivity index (χ2n) is 8.41. The highest BCUT2D eigenvalue weighted by Gasteiger charge is 2.58. The first kappa shape index (κ1) is 16.9. The topological polar surface area (TPSA) is 49.8 Å². The summed E-state index contributed by atoms with van der Waals surface area (Å²) in [7, 11) is 0. The number of carbonyl (C=O) groups is 1. The Hall–Kier alpha value is -0.930. The summed E-state index contributed by atoms with van der Waals surface area (Å²) < 4.78 is 5.81. The number of aliphatic hydroxyl groups is 1. The number of hydrogen-bond acceptors (Lipinski definition) is 3. The van der Waals surface area contributed by atoms with Crippen LogP contribution in [0.4, 0.5) is 0 Å². The number of ether oxygens (including phenoxy) is 1. The van der Waals surface area contributed by atoms with E-state index in [9.17, 15) is 9.90 Å². The second kappa shape index (κ2) is 5.56. The third kappa shape index (κ3) is 2.72. The van der Waals surface area contributed by atoms with Gasteiger partial charge in [-0.3, -0.25) is 4.79 Å². The lowest BCUT2D eigenvalue weighted by molar-refractivity contribution is -0.118. The fourth-order valence-electron chi connectivity index (χ4n) is 4.43. The molecule has 1 fully saturated rings. The largest absolute Gasteiger partial charge is 0.389 e. The summed E-state index contributed by atoms with van der Waals surface area (Å²) in [5.74, 6) is 0.772. The molecule has 1 aliphatic heterocycles. The molecule has 2 bridgehead atoms. The first-order valence-corrected chi connectivity index (χ1v) is 8.96. The van der Waals surface area contributed by atoms with Crippen LogP contribution in [-0.2, 0) is 9.53 Å². The molecule has 0 saturated carbocycles. The van der Waals surface area contributed by atoms with Gasteiger partial charge in [0.2, 0.25) is 0 Å². The molecule has 6 atom stereocenters. The second-order valence-corrected chi connectivity index (χ2v) is 8.41. The zero-order valence-corrected chi connectivity index (χ0v) is 15.1. The molecule has 3 aliphatic rings. The molecule has 6 unspecified atom stereocenters. The normalized spacial score (nSPS) is 49.9. The predicted molar refractivity (Wildman–Crippen MR) is 91.0 cm³/mol. The van der Waals surface area contributed by atoms with Crippen LogP contribution in [0.15, 0.2) is 23.3 Å². The minimum absolute atomic E-state index is 0.0707. The molecule has 0 radical (unpaired) electrons. The fraction of sp³-hybridized carbons (Fsp3) is 0.750. The van der Waals surface area contributed by atoms with Crippen molar-refractivity contribution >= 4 is 5.78 Å². The van der Waals surface area contributed by atoms with Crippen LogP contribution < -0.4 is 0 Å². The van der Waals surface area contributed by atoms with Gasteiger partial charge in [-0.25, -0.2) is 0 Å². The van der Waals surface area contributed by atoms with Crippen molar-refractivity contribution in [1.82, 2.24) is 0 Å². The Morgan fingerprint density at radius 2 is 1.96 bits per heavy atom. The number of fused-ring (bicyclic) bond motifs is 3. The molecule has 1 heterocycles. The first-order valence-electron chi connectivity index (χ1n) is 8.96. The van der Waals surface area contributed by atoms with Crippen molar-refractivity contribution in [2.24, 2.45) is 17.3 Å². The number of hydrogen-bond donors (Lipinski definition) is 1. The van der Waals surface area contributed by atoms with Gasteiger partial charge in [0, 0.05) is 0 Å². The summed E-state index contributed by atoms with van der Waals surface area (Å²) in [6, 6.07) is 0. The molecular weight excluding hydrogens is 288 g/mol. The molecule has 0 aromatic heterocycles. The van der Waals surface area contributed by atoms with Crippen molar-refractivity contribution in [2.45, 2.75) is 78.1 Å². The van der Waals surface area contributed by atoms with E-state index in [0.29, 0.717) is 12.3 Å². The lowest BCUT2D eigenvalue weighted by Gasteiger charge is -2.46. The highest BCUT2D eigenvalue weighted by Crippen LogP contribution is 2.52. The molecule has 0 amide bonds. The maximum Gasteiger partial charge on any atom is 0.190 e. The highest BCUT2D eigenvalue weighted by molar-refractivity contribution is 6.02. The van der Waals surface area contributed by atoms with E-state index in [1.54, 1.807) is 0 Å². The lowest BCUT2D eigenvalue weighted by atomic mass is 9.58. The molecule has 3 nitrogen and oxygen atoms in total. The average Bonchev–Trinajstić information content (AvgIpc) is 3.16. The van der Waals surface area contributed by atoms with Gasteiger partial charge in [-0.2, -0.15) is 0 Å². The SMILES string of the molecule is C/C1=C\CCC2(C)OC2C(=O)C2=CCC(C)C(C)(CC1O)C2C. The van der Waals surface area contributed by atoms with E-state index >= 15 is 0 Å². The van der Waals surface area contributed by atoms with Crippen LogP contribution in [0.25, 0.3) is 0 Å². The van der Waals surface area contributed by atoms with Crippen LogP contribution in [-0.4, -0.2) is 28.7 Å². The van der Waals surface area contributed by atoms with Crippen LogP contribution >= 0.6 is 0 Å². The maximum absolute atomic E-state index is 13.0. The van der Waals surface area contributed by atoms with Gasteiger partial charge in [0.05, 0.1) is 6.10 Å². The molecule has 0 spiro atoms. The Bertz CT molecular complexity index is 575. The van der Waals surface area contributed by atoms with Crippen molar-refractivity contribution in [3.8, 4) is 0 Å². The van der Waals surface area contributed by atoms with Crippen LogP contribution in [0.5, 0.6) is 0 Å². The summed E-state index contributed by atoms with van der Waals surface area (Å²) in [4.78, 5) is 13.0. The van der Waals surface area contributed by atoms with Crippen molar-refractivity contribution in [1.29, 1.82) is 0 Å². The van der Waals surface area contributed by atoms with Gasteiger partial charge in [0.25, 0.3) is 0 Å². The zero-order valence-electron chi connectivity index (χ0n) is 15.1. The maximum atomic E-state index is 13.0. The predicted octanol–water partition coefficient (Wildman–Crippen LogP) is 3.81. The molecule has 23 heavy (non-hydrogen) atoms. The molecule has 0 aromatic carbocycles. The van der Waals surface area contributed by atoms with E-state index in [4.69, 9.17) is 4.74 Å². The Balaban J connectivity index is 2.00. The van der Waals surface area contributed by atoms with Crippen LogP contribution in [0.3, 0.4) is 0 Å². The Kier molecular flexibility index (Phi) is 4.09. The summed E-state index contributed by atoms with van der Waals surface area (Å²) in [5.41, 5.74) is 1.58. The quantitative estimate of drug-likeness (QED) is 0.546. The molecule has 3 rings (SSSR count). The monoisotopic (exact) mass is 318 g/mol. The molecule has 3 heteroatoms. The van der Waals surface area contributed by atoms with Crippen LogP contribution in [0.2, 0.25) is 0 Å². The van der Waals surface area contributed by atoms with E-state index in [1.165, 1.54) is 0 Å². The summed E-state index contributed by atoms with van der Waals surface area (Å²) in [6.45, 7) is 10.7. The van der Waals surface area contributed by atoms with Gasteiger partial charge in [0.15, 0.2) is 5.78 Å². The number of carbonyl (C=O) groups excluding carboxylic acids is 1. The van der Waals surface area contributed by atoms with Crippen molar-refractivity contribution in [3.63, 3.8) is 0 Å². The third-order valence-electron chi connectivity index (χ3n) is 6.95. The van der Waals surface area contributed by atoms with Gasteiger partial charge in [-0.15, -0.1) is 0 Å². The summed E-state index contributed by atoms with van der Waals surface area (Å²) in [6.07, 6.45) is 6.86. The van der Waals surface area contributed by atoms with E-state index < -0.39 is 6.10 Å². The third-order valence-corrected chi connectivity index (χ3v) is 6.95. The number of epoxide rings is 1. The van der Waals surface area contributed by atoms with Crippen LogP contribution in [0, 0.1) is 17.3 Å². The Morgan fingerprint density at radius 1 is 1.26 bits per heavy atom. The van der Waals surface area contributed by atoms with E-state index in [1.807, 2.05) is 13.8 Å². The van der Waals surface area contributed by atoms with Crippen LogP contribution in [0.1, 0.15) is 60.3 Å². The van der Waals surface area contributed by atoms with Gasteiger partial charge in [-0.05, 0) is 67.9 Å². The number of allylic oxidation sites excluding steroid dienone is 2. The van der Waals surface area contributed by atoms with Crippen molar-refractivity contribution in [2.75, 3.05) is 0 Å². The zero-order chi connectivity index (χ0) is 17.0. The Labute approximate surface area is 139 Å². The highest BCUT2D eigenvalue weighted by atomic mass is 16.6. The average molecular weight is 318 g/mol. The summed E-state index contributed by atoms with van der Waals surface area (Å²) >= 11 is 0. The smallest absolute Gasteiger partial charge is 0.190 e. The first-order chi connectivity index (χ1) is 10.7. The minimum Gasteiger partial charge on any atom is -0.389 e. The fourth-order valence-corrected chi connectivity index (χ4v) is 4.43. The number of ketones is 1. The van der Waals surface area contributed by atoms with Gasteiger partial charge in [-0.1, -0.05) is 32.9 Å². The van der Waals surface area contributed by atoms with E-state index in [0.717, 1.165) is 30.4 Å². The minimum atomic E-state index is -0.428. The molecule has 2 aliphatic carbocycles. The molecular formula is C20H30O3. The van der Waals surface area contributed by atoms with Gasteiger partial charge in [0.1, 0.15) is 11.7 Å². The van der Waals surface area contributed by atoms with Crippen molar-refractivity contribution in [3.05, 3.63) is 23.3 Å².